The number of ether oxygens (including phenoxy) is 1. The van der Waals surface area contributed by atoms with Crippen molar-refractivity contribution in [3.8, 4) is 0 Å². The van der Waals surface area contributed by atoms with Gasteiger partial charge in [-0.15, -0.1) is 0 Å². The zero-order chi connectivity index (χ0) is 11.3. The van der Waals surface area contributed by atoms with E-state index >= 15 is 0 Å². The molecular weight excluding hydrogens is 204 g/mol. The Morgan fingerprint density at radius 1 is 1.33 bits per heavy atom. The monoisotopic (exact) mass is 217 g/mol. The number of nitrogens with two attached hydrogens (primary N) is 1. The van der Waals surface area contributed by atoms with E-state index in [2.05, 4.69) is 4.84 Å². The number of hydrogen-bond acceptors (Lipinski definition) is 3. The molecule has 0 heterocycles. The quantitative estimate of drug-likeness (QED) is 0.761. The predicted octanol–water partition coefficient (Wildman–Crippen LogP) is 1.54. The highest BCUT2D eigenvalue weighted by atomic mass is 19.1. The fourth-order valence-electron chi connectivity index (χ4n) is 1.28. The van der Waals surface area contributed by atoms with Crippen LogP contribution in [0.5, 0.6) is 0 Å². The first-order valence-corrected chi connectivity index (χ1v) is 4.47. The number of hydrogen-bond donors (Lipinski definition) is 1. The summed E-state index contributed by atoms with van der Waals surface area (Å²) < 4.78 is 31.5. The number of rotatable bonds is 5. The van der Waals surface area contributed by atoms with Crippen LogP contribution >= 0.6 is 0 Å². The maximum absolute atomic E-state index is 13.6. The summed E-state index contributed by atoms with van der Waals surface area (Å²) >= 11 is 0. The van der Waals surface area contributed by atoms with Crippen LogP contribution in [0.15, 0.2) is 12.1 Å². The number of methoxy groups -OCH3 is 1. The van der Waals surface area contributed by atoms with Crippen LogP contribution in [-0.4, -0.2) is 13.7 Å². The van der Waals surface area contributed by atoms with Crippen LogP contribution in [0.3, 0.4) is 0 Å². The smallest absolute Gasteiger partial charge is 0.134 e. The molecule has 0 aliphatic rings. The van der Waals surface area contributed by atoms with Gasteiger partial charge >= 0.3 is 0 Å². The van der Waals surface area contributed by atoms with Crippen LogP contribution in [0.4, 0.5) is 8.78 Å². The highest BCUT2D eigenvalue weighted by molar-refractivity contribution is 5.27. The van der Waals surface area contributed by atoms with Crippen LogP contribution in [0.25, 0.3) is 0 Å². The molecule has 0 saturated carbocycles. The average molecular weight is 217 g/mol. The van der Waals surface area contributed by atoms with Gasteiger partial charge in [0.15, 0.2) is 0 Å². The van der Waals surface area contributed by atoms with Crippen molar-refractivity contribution in [1.29, 1.82) is 0 Å². The van der Waals surface area contributed by atoms with Gasteiger partial charge in [0.25, 0.3) is 0 Å². The summed E-state index contributed by atoms with van der Waals surface area (Å²) in [6, 6.07) is 2.59. The molecule has 0 saturated heterocycles. The molecule has 0 bridgehead atoms. The van der Waals surface area contributed by atoms with Crippen molar-refractivity contribution in [2.75, 3.05) is 13.7 Å². The zero-order valence-corrected chi connectivity index (χ0v) is 8.43. The molecule has 0 radical (unpaired) electrons. The van der Waals surface area contributed by atoms with Gasteiger partial charge in [-0.3, -0.25) is 0 Å². The Kier molecular flexibility index (Phi) is 4.61. The van der Waals surface area contributed by atoms with Gasteiger partial charge < -0.3 is 9.57 Å². The fourth-order valence-corrected chi connectivity index (χ4v) is 1.28. The molecule has 3 nitrogen and oxygen atoms in total. The van der Waals surface area contributed by atoms with Gasteiger partial charge in [-0.1, -0.05) is 6.07 Å². The standard InChI is InChI=1S/C10H13F2NO2/c1-14-6-8-9(11)3-2-7(10(8)12)4-5-15-13/h2-3H,4-6,13H2,1H3. The molecule has 2 N–H and O–H groups in total. The van der Waals surface area contributed by atoms with Crippen LogP contribution < -0.4 is 5.90 Å². The molecule has 0 aliphatic carbocycles. The fraction of sp³-hybridized carbons (Fsp3) is 0.400. The minimum atomic E-state index is -0.605. The van der Waals surface area contributed by atoms with Crippen molar-refractivity contribution in [3.05, 3.63) is 34.9 Å². The van der Waals surface area contributed by atoms with E-state index in [4.69, 9.17) is 10.6 Å². The van der Waals surface area contributed by atoms with Crippen LogP contribution in [-0.2, 0) is 22.6 Å². The number of halogens is 2. The van der Waals surface area contributed by atoms with Crippen LogP contribution in [0.2, 0.25) is 0 Å². The van der Waals surface area contributed by atoms with Crippen molar-refractivity contribution in [2.45, 2.75) is 13.0 Å². The zero-order valence-electron chi connectivity index (χ0n) is 8.43. The Bertz CT molecular complexity index is 331. The summed E-state index contributed by atoms with van der Waals surface area (Å²) in [7, 11) is 1.38. The molecular formula is C10H13F2NO2. The van der Waals surface area contributed by atoms with Gasteiger partial charge in [-0.25, -0.2) is 14.7 Å². The highest BCUT2D eigenvalue weighted by Crippen LogP contribution is 2.18. The third-order valence-electron chi connectivity index (χ3n) is 2.04. The predicted molar refractivity (Wildman–Crippen MR) is 50.9 cm³/mol. The van der Waals surface area contributed by atoms with E-state index in [0.29, 0.717) is 12.0 Å². The normalized spacial score (nSPS) is 10.7. The third-order valence-corrected chi connectivity index (χ3v) is 2.04. The summed E-state index contributed by atoms with van der Waals surface area (Å²) in [5.74, 6) is 3.64. The lowest BCUT2D eigenvalue weighted by Crippen LogP contribution is -2.07. The maximum atomic E-state index is 13.6. The summed E-state index contributed by atoms with van der Waals surface area (Å²) in [5, 5.41) is 0. The molecule has 15 heavy (non-hydrogen) atoms. The lowest BCUT2D eigenvalue weighted by Gasteiger charge is -2.08. The molecule has 5 heteroatoms. The Morgan fingerprint density at radius 3 is 2.67 bits per heavy atom. The van der Waals surface area contributed by atoms with E-state index in [1.165, 1.54) is 19.2 Å². The Labute approximate surface area is 86.7 Å². The summed E-state index contributed by atoms with van der Waals surface area (Å²) in [6.07, 6.45) is 0.305. The van der Waals surface area contributed by atoms with E-state index in [9.17, 15) is 8.78 Å². The lowest BCUT2D eigenvalue weighted by molar-refractivity contribution is 0.140. The van der Waals surface area contributed by atoms with E-state index in [-0.39, 0.29) is 18.8 Å². The molecule has 0 amide bonds. The largest absolute Gasteiger partial charge is 0.380 e. The van der Waals surface area contributed by atoms with Gasteiger partial charge in [0.05, 0.1) is 13.2 Å². The first kappa shape index (κ1) is 12.0. The van der Waals surface area contributed by atoms with Crippen LogP contribution in [0, 0.1) is 11.6 Å². The van der Waals surface area contributed by atoms with Crippen LogP contribution in [0.1, 0.15) is 11.1 Å². The second-order valence-electron chi connectivity index (χ2n) is 3.05. The molecule has 0 aliphatic heterocycles. The van der Waals surface area contributed by atoms with Gasteiger partial charge in [0.2, 0.25) is 0 Å². The molecule has 1 rings (SSSR count). The second kappa shape index (κ2) is 5.75. The molecule has 0 atom stereocenters. The maximum Gasteiger partial charge on any atom is 0.134 e. The minimum absolute atomic E-state index is 0.0629. The van der Waals surface area contributed by atoms with Gasteiger partial charge in [0, 0.05) is 19.1 Å². The van der Waals surface area contributed by atoms with E-state index in [1.807, 2.05) is 0 Å². The average Bonchev–Trinajstić information content (AvgIpc) is 2.23. The number of benzene rings is 1. The van der Waals surface area contributed by atoms with Crippen molar-refractivity contribution >= 4 is 0 Å². The molecule has 0 fully saturated rings. The lowest BCUT2D eigenvalue weighted by atomic mass is 10.1. The van der Waals surface area contributed by atoms with Crippen molar-refractivity contribution in [1.82, 2.24) is 0 Å². The Hall–Kier alpha value is -1.04. The summed E-state index contributed by atoms with van der Waals surface area (Å²) in [4.78, 5) is 4.34. The molecule has 0 aromatic heterocycles. The highest BCUT2D eigenvalue weighted by Gasteiger charge is 2.12. The molecule has 1 aromatic carbocycles. The molecule has 84 valence electrons. The van der Waals surface area contributed by atoms with Crippen molar-refractivity contribution in [3.63, 3.8) is 0 Å². The topological polar surface area (TPSA) is 44.5 Å². The second-order valence-corrected chi connectivity index (χ2v) is 3.05. The third kappa shape index (κ3) is 2.95. The van der Waals surface area contributed by atoms with Crippen molar-refractivity contribution < 1.29 is 18.4 Å². The molecule has 0 spiro atoms. The SMILES string of the molecule is COCc1c(F)ccc(CCON)c1F. The van der Waals surface area contributed by atoms with Gasteiger partial charge in [-0.2, -0.15) is 0 Å². The Morgan fingerprint density at radius 2 is 2.07 bits per heavy atom. The van der Waals surface area contributed by atoms with Crippen molar-refractivity contribution in [2.24, 2.45) is 5.90 Å². The van der Waals surface area contributed by atoms with E-state index in [1.54, 1.807) is 0 Å². The van der Waals surface area contributed by atoms with E-state index < -0.39 is 11.6 Å². The van der Waals surface area contributed by atoms with Gasteiger partial charge in [-0.05, 0) is 11.6 Å². The summed E-state index contributed by atoms with van der Waals surface area (Å²) in [6.45, 7) is 0.101. The first-order chi connectivity index (χ1) is 7.20. The van der Waals surface area contributed by atoms with Gasteiger partial charge in [0.1, 0.15) is 11.6 Å². The van der Waals surface area contributed by atoms with E-state index in [0.717, 1.165) is 0 Å². The first-order valence-electron chi connectivity index (χ1n) is 4.47. The Balaban J connectivity index is 2.94. The molecule has 0 unspecified atom stereocenters. The molecule has 1 aromatic rings. The minimum Gasteiger partial charge on any atom is -0.380 e. The summed E-state index contributed by atoms with van der Waals surface area (Å²) in [5.41, 5.74) is 0.306.